The fourth-order valence-corrected chi connectivity index (χ4v) is 7.23. The molecular weight excluding hydrogens is 849 g/mol. The molecule has 6 rings (SSSR count). The number of rotatable bonds is 19. The Hall–Kier alpha value is -6.37. The van der Waals surface area contributed by atoms with Crippen LogP contribution in [0.1, 0.15) is 49.2 Å². The van der Waals surface area contributed by atoms with Gasteiger partial charge < -0.3 is 56.8 Å². The van der Waals surface area contributed by atoms with Crippen molar-refractivity contribution in [2.75, 3.05) is 20.3 Å². The fourth-order valence-electron chi connectivity index (χ4n) is 7.23. The van der Waals surface area contributed by atoms with Crippen molar-refractivity contribution in [2.45, 2.75) is 102 Å². The predicted octanol–water partition coefficient (Wildman–Crippen LogP) is 5.30. The van der Waals surface area contributed by atoms with E-state index in [9.17, 15) is 24.0 Å². The van der Waals surface area contributed by atoms with Gasteiger partial charge in [0.05, 0.1) is 25.9 Å². The molecule has 0 aromatic heterocycles. The molecule has 4 aromatic carbocycles. The molecule has 0 spiro atoms. The Labute approximate surface area is 376 Å². The molecule has 0 saturated carbocycles. The van der Waals surface area contributed by atoms with E-state index in [4.69, 9.17) is 56.8 Å². The van der Waals surface area contributed by atoms with E-state index < -0.39 is 104 Å². The monoisotopic (exact) mass is 900 g/mol. The van der Waals surface area contributed by atoms with Gasteiger partial charge in [0.15, 0.2) is 24.6 Å². The summed E-state index contributed by atoms with van der Waals surface area (Å²) in [5, 5.41) is 0. The molecule has 2 heterocycles. The van der Waals surface area contributed by atoms with Gasteiger partial charge in [0.25, 0.3) is 0 Å². The first-order valence-electron chi connectivity index (χ1n) is 20.8. The highest BCUT2D eigenvalue weighted by Gasteiger charge is 2.57. The summed E-state index contributed by atoms with van der Waals surface area (Å²) in [4.78, 5) is 63.6. The number of esters is 5. The van der Waals surface area contributed by atoms with Crippen molar-refractivity contribution in [3.05, 3.63) is 132 Å². The van der Waals surface area contributed by atoms with E-state index in [-0.39, 0.29) is 18.8 Å². The molecule has 0 unspecified atom stereocenters. The first-order chi connectivity index (χ1) is 31.4. The standard InChI is InChI=1S/C48H52O17/c1-29(49)55-27-38-41(59-30(2)50)43(60-31(3)51)45(61-32(4)52)48(64-38)65-40-39(28-58-46(53)35-19-13-8-14-20-35)63-47(62-37-23-21-36(54-5)22-24-37)44(57-26-34-17-11-7-12-18-34)42(40)56-25-33-15-9-6-10-16-33/h6-24,38-45,47-48H,25-28H2,1-5H3/t38-,39-,40+,41+,42+,43+,44-,45-,47+,48+/m1/s1. The molecule has 2 aliphatic heterocycles. The van der Waals surface area contributed by atoms with Crippen molar-refractivity contribution in [3.8, 4) is 11.5 Å². The third-order valence-electron chi connectivity index (χ3n) is 10.1. The van der Waals surface area contributed by atoms with Crippen LogP contribution < -0.4 is 9.47 Å². The van der Waals surface area contributed by atoms with Gasteiger partial charge >= 0.3 is 29.8 Å². The Kier molecular flexibility index (Phi) is 17.4. The smallest absolute Gasteiger partial charge is 0.338 e. The minimum Gasteiger partial charge on any atom is -0.497 e. The first-order valence-corrected chi connectivity index (χ1v) is 20.8. The van der Waals surface area contributed by atoms with Crippen LogP contribution >= 0.6 is 0 Å². The van der Waals surface area contributed by atoms with Crippen molar-refractivity contribution >= 4 is 29.8 Å². The third kappa shape index (κ3) is 13.8. The van der Waals surface area contributed by atoms with Crippen molar-refractivity contribution in [3.63, 3.8) is 0 Å². The molecular formula is C48H52O17. The highest BCUT2D eigenvalue weighted by atomic mass is 16.8. The average Bonchev–Trinajstić information content (AvgIpc) is 3.29. The number of benzene rings is 4. The molecule has 65 heavy (non-hydrogen) atoms. The lowest BCUT2D eigenvalue weighted by Gasteiger charge is -2.49. The van der Waals surface area contributed by atoms with Crippen LogP contribution in [0.4, 0.5) is 0 Å². The average molecular weight is 901 g/mol. The van der Waals surface area contributed by atoms with E-state index in [0.29, 0.717) is 11.5 Å². The third-order valence-corrected chi connectivity index (χ3v) is 10.1. The molecule has 0 N–H and O–H groups in total. The number of ether oxygens (including phenoxy) is 12. The van der Waals surface area contributed by atoms with Crippen LogP contribution in [0.25, 0.3) is 0 Å². The SMILES string of the molecule is COc1ccc(O[C@H]2O[C@H](COC(=O)c3ccccc3)[C@H](O[C@@H]3O[C@H](COC(C)=O)[C@H](OC(C)=O)[C@H](OC(C)=O)[C@H]3OC(C)=O)[C@H](OCc3ccccc3)[C@H]2OCc2ccccc2)cc1. The molecule has 2 saturated heterocycles. The van der Waals surface area contributed by atoms with E-state index in [1.54, 1.807) is 54.6 Å². The zero-order valence-electron chi connectivity index (χ0n) is 36.5. The van der Waals surface area contributed by atoms with Crippen LogP contribution in [0.15, 0.2) is 115 Å². The molecule has 17 nitrogen and oxygen atoms in total. The van der Waals surface area contributed by atoms with Crippen molar-refractivity contribution in [2.24, 2.45) is 0 Å². The normalized spacial score (nSPS) is 25.0. The Morgan fingerprint density at radius 3 is 1.51 bits per heavy atom. The molecule has 0 bridgehead atoms. The van der Waals surface area contributed by atoms with Crippen LogP contribution in [0.2, 0.25) is 0 Å². The van der Waals surface area contributed by atoms with Gasteiger partial charge in [-0.2, -0.15) is 0 Å². The summed E-state index contributed by atoms with van der Waals surface area (Å²) in [6.45, 7) is 3.59. The maximum Gasteiger partial charge on any atom is 0.338 e. The van der Waals surface area contributed by atoms with E-state index in [1.807, 2.05) is 60.7 Å². The van der Waals surface area contributed by atoms with Crippen molar-refractivity contribution < 1.29 is 80.8 Å². The molecule has 346 valence electrons. The van der Waals surface area contributed by atoms with Gasteiger partial charge in [-0.05, 0) is 47.5 Å². The second-order valence-electron chi connectivity index (χ2n) is 15.0. The van der Waals surface area contributed by atoms with Crippen molar-refractivity contribution in [1.29, 1.82) is 0 Å². The lowest BCUT2D eigenvalue weighted by Crippen LogP contribution is -2.67. The minimum absolute atomic E-state index is 0.000908. The molecule has 2 fully saturated rings. The number of hydrogen-bond acceptors (Lipinski definition) is 17. The number of methoxy groups -OCH3 is 1. The number of carbonyl (C=O) groups excluding carboxylic acids is 5. The van der Waals surface area contributed by atoms with Crippen LogP contribution in [0.5, 0.6) is 11.5 Å². The quantitative estimate of drug-likeness (QED) is 0.0868. The van der Waals surface area contributed by atoms with Crippen LogP contribution in [-0.4, -0.2) is 112 Å². The lowest BCUT2D eigenvalue weighted by molar-refractivity contribution is -0.361. The second kappa shape index (κ2) is 23.5. The van der Waals surface area contributed by atoms with Gasteiger partial charge in [0.1, 0.15) is 55.2 Å². The van der Waals surface area contributed by atoms with E-state index in [1.165, 1.54) is 7.11 Å². The van der Waals surface area contributed by atoms with Gasteiger partial charge in [-0.1, -0.05) is 78.9 Å². The van der Waals surface area contributed by atoms with Gasteiger partial charge in [-0.15, -0.1) is 0 Å². The summed E-state index contributed by atoms with van der Waals surface area (Å²) in [7, 11) is 1.54. The predicted molar refractivity (Wildman–Crippen MR) is 226 cm³/mol. The Balaban J connectivity index is 1.47. The van der Waals surface area contributed by atoms with Gasteiger partial charge in [-0.3, -0.25) is 19.2 Å². The molecule has 0 aliphatic carbocycles. The van der Waals surface area contributed by atoms with E-state index in [0.717, 1.165) is 38.8 Å². The van der Waals surface area contributed by atoms with Gasteiger partial charge in [0, 0.05) is 27.7 Å². The summed E-state index contributed by atoms with van der Waals surface area (Å²) in [5.74, 6) is -2.92. The van der Waals surface area contributed by atoms with E-state index >= 15 is 0 Å². The Morgan fingerprint density at radius 2 is 0.954 bits per heavy atom. The Bertz CT molecular complexity index is 2150. The van der Waals surface area contributed by atoms with Gasteiger partial charge in [0.2, 0.25) is 6.29 Å². The van der Waals surface area contributed by atoms with Crippen LogP contribution in [0, 0.1) is 0 Å². The summed E-state index contributed by atoms with van der Waals surface area (Å²) < 4.78 is 73.5. The highest BCUT2D eigenvalue weighted by Crippen LogP contribution is 2.37. The zero-order valence-corrected chi connectivity index (χ0v) is 36.5. The summed E-state index contributed by atoms with van der Waals surface area (Å²) in [6, 6.07) is 33.7. The molecule has 10 atom stereocenters. The molecule has 0 amide bonds. The Morgan fingerprint density at radius 1 is 0.477 bits per heavy atom. The molecule has 4 aromatic rings. The topological polar surface area (TPSA) is 196 Å². The van der Waals surface area contributed by atoms with E-state index in [2.05, 4.69) is 0 Å². The number of carbonyl (C=O) groups is 5. The highest BCUT2D eigenvalue weighted by molar-refractivity contribution is 5.89. The summed E-state index contributed by atoms with van der Waals surface area (Å²) >= 11 is 0. The second-order valence-corrected chi connectivity index (χ2v) is 15.0. The molecule has 2 aliphatic rings. The summed E-state index contributed by atoms with van der Waals surface area (Å²) in [6.07, 6.45) is -13.8. The minimum atomic E-state index is -1.69. The first kappa shape index (κ1) is 48.1. The summed E-state index contributed by atoms with van der Waals surface area (Å²) in [5.41, 5.74) is 1.83. The lowest BCUT2D eigenvalue weighted by atomic mass is 9.95. The van der Waals surface area contributed by atoms with Crippen LogP contribution in [-0.2, 0) is 79.8 Å². The maximum atomic E-state index is 13.5. The van der Waals surface area contributed by atoms with Crippen LogP contribution in [0.3, 0.4) is 0 Å². The largest absolute Gasteiger partial charge is 0.497 e. The molecule has 17 heteroatoms. The number of hydrogen-bond donors (Lipinski definition) is 0. The van der Waals surface area contributed by atoms with Gasteiger partial charge in [-0.25, -0.2) is 4.79 Å². The maximum absolute atomic E-state index is 13.5. The fraction of sp³-hybridized carbons (Fsp3) is 0.396. The zero-order chi connectivity index (χ0) is 46.3. The van der Waals surface area contributed by atoms with Crippen molar-refractivity contribution in [1.82, 2.24) is 0 Å². The molecule has 0 radical (unpaired) electrons.